The van der Waals surface area contributed by atoms with Gasteiger partial charge in [0.2, 0.25) is 5.91 Å². The van der Waals surface area contributed by atoms with E-state index in [-0.39, 0.29) is 53.5 Å². The molecule has 3 amide bonds. The van der Waals surface area contributed by atoms with E-state index in [2.05, 4.69) is 4.98 Å². The van der Waals surface area contributed by atoms with Crippen molar-refractivity contribution in [1.82, 2.24) is 24.6 Å². The average molecular weight is 786 g/mol. The standard InChI is InChI=1S/C35H35Cl2F5N6O3S/c1-18(2)26-27(52-32-44-33(3,20-5-9-25(37)43-16-20)28(48(26)32)19-4-7-22(36)23(39)14-19)30(50)47-21(15-38)6-8-24(47)29(49)45-12-13-46(31(51)35(40,41)42)34(17-45)10-11-34/h4-5,7,9,14,16,18,21,24,28H,6,8,10-13,15,17H2,1-3H3/t21-,24+,28+,33-/m0/s1. The topological polar surface area (TPSA) is 89.4 Å². The predicted octanol–water partition coefficient (Wildman–Crippen LogP) is 6.86. The summed E-state index contributed by atoms with van der Waals surface area (Å²) in [4.78, 5) is 56.0. The number of halogens is 7. The maximum atomic E-state index is 15.0. The Labute approximate surface area is 311 Å². The quantitative estimate of drug-likeness (QED) is 0.235. The number of hydrogen-bond acceptors (Lipinski definition) is 7. The van der Waals surface area contributed by atoms with Gasteiger partial charge < -0.3 is 19.6 Å². The van der Waals surface area contributed by atoms with Gasteiger partial charge in [0.1, 0.15) is 34.1 Å². The fraction of sp³-hybridized carbons (Fsp3) is 0.514. The number of aromatic nitrogens is 1. The Balaban J connectivity index is 1.23. The van der Waals surface area contributed by atoms with E-state index in [4.69, 9.17) is 28.2 Å². The van der Waals surface area contributed by atoms with Crippen LogP contribution in [0.2, 0.25) is 10.2 Å². The molecule has 0 bridgehead atoms. The summed E-state index contributed by atoms with van der Waals surface area (Å²) in [6.07, 6.45) is -2.41. The molecule has 2 saturated heterocycles. The van der Waals surface area contributed by atoms with Gasteiger partial charge in [0.15, 0.2) is 5.17 Å². The highest BCUT2D eigenvalue weighted by Crippen LogP contribution is 2.57. The van der Waals surface area contributed by atoms with E-state index in [0.29, 0.717) is 34.8 Å². The number of benzene rings is 1. The monoisotopic (exact) mass is 784 g/mol. The molecule has 0 N–H and O–H groups in total. The number of nitrogens with zero attached hydrogens (tertiary/aromatic N) is 6. The predicted molar refractivity (Wildman–Crippen MR) is 185 cm³/mol. The van der Waals surface area contributed by atoms with Crippen molar-refractivity contribution in [2.45, 2.75) is 81.8 Å². The molecule has 278 valence electrons. The highest BCUT2D eigenvalue weighted by atomic mass is 35.5. The molecule has 0 unspecified atom stereocenters. The van der Waals surface area contributed by atoms with Gasteiger partial charge in [-0.2, -0.15) is 13.2 Å². The van der Waals surface area contributed by atoms with Crippen LogP contribution in [0, 0.1) is 11.7 Å². The Bertz CT molecular complexity index is 1890. The number of pyridine rings is 1. The molecule has 9 nitrogen and oxygen atoms in total. The molecule has 4 atom stereocenters. The van der Waals surface area contributed by atoms with Crippen LogP contribution in [-0.2, 0) is 19.9 Å². The molecule has 5 aliphatic rings. The number of likely N-dealkylation sites (tertiary alicyclic amines) is 1. The lowest BCUT2D eigenvalue weighted by atomic mass is 9.81. The third-order valence-corrected chi connectivity index (χ3v) is 12.4. The lowest BCUT2D eigenvalue weighted by molar-refractivity contribution is -0.191. The van der Waals surface area contributed by atoms with Gasteiger partial charge in [-0.05, 0) is 74.0 Å². The van der Waals surface area contributed by atoms with Crippen LogP contribution >= 0.6 is 35.0 Å². The zero-order chi connectivity index (χ0) is 37.5. The molecular weight excluding hydrogens is 750 g/mol. The number of fused-ring (bicyclic) bond motifs is 1. The average Bonchev–Trinajstić information content (AvgIpc) is 3.43. The third kappa shape index (κ3) is 6.04. The molecule has 2 aromatic rings. The van der Waals surface area contributed by atoms with Crippen molar-refractivity contribution in [2.75, 3.05) is 26.3 Å². The maximum absolute atomic E-state index is 15.0. The van der Waals surface area contributed by atoms with Crippen molar-refractivity contribution >= 4 is 57.9 Å². The molecular formula is C35H35Cl2F5N6O3S. The number of amides is 3. The Morgan fingerprint density at radius 3 is 2.40 bits per heavy atom. The largest absolute Gasteiger partial charge is 0.471 e. The highest BCUT2D eigenvalue weighted by Gasteiger charge is 2.60. The number of aliphatic imine (C=N–C) groups is 1. The van der Waals surface area contributed by atoms with Gasteiger partial charge in [-0.3, -0.25) is 14.4 Å². The molecule has 7 rings (SSSR count). The van der Waals surface area contributed by atoms with Crippen LogP contribution in [0.15, 0.2) is 52.1 Å². The number of rotatable bonds is 6. The van der Waals surface area contributed by atoms with E-state index >= 15 is 4.39 Å². The molecule has 1 spiro atoms. The molecule has 3 fully saturated rings. The summed E-state index contributed by atoms with van der Waals surface area (Å²) in [6.45, 7) is 4.23. The number of thioether (sulfide) groups is 1. The zero-order valence-electron chi connectivity index (χ0n) is 28.4. The Hall–Kier alpha value is -3.43. The summed E-state index contributed by atoms with van der Waals surface area (Å²) in [5.41, 5.74) is -0.362. The number of amidine groups is 1. The summed E-state index contributed by atoms with van der Waals surface area (Å²) >= 11 is 13.3. The van der Waals surface area contributed by atoms with Gasteiger partial charge >= 0.3 is 12.1 Å². The Morgan fingerprint density at radius 2 is 1.81 bits per heavy atom. The molecule has 1 saturated carbocycles. The first-order chi connectivity index (χ1) is 24.5. The highest BCUT2D eigenvalue weighted by molar-refractivity contribution is 8.18. The van der Waals surface area contributed by atoms with E-state index in [9.17, 15) is 31.9 Å². The van der Waals surface area contributed by atoms with Crippen LogP contribution in [0.4, 0.5) is 22.0 Å². The van der Waals surface area contributed by atoms with Gasteiger partial charge in [0.05, 0.1) is 22.6 Å². The van der Waals surface area contributed by atoms with Crippen molar-refractivity contribution in [3.05, 3.63) is 74.3 Å². The summed E-state index contributed by atoms with van der Waals surface area (Å²) in [5, 5.41) is 0.663. The number of hydrogen-bond donors (Lipinski definition) is 0. The first-order valence-corrected chi connectivity index (χ1v) is 18.5. The minimum atomic E-state index is -5.03. The number of piperazine rings is 1. The van der Waals surface area contributed by atoms with Gasteiger partial charge in [-0.15, -0.1) is 0 Å². The summed E-state index contributed by atoms with van der Waals surface area (Å²) in [6, 6.07) is 5.26. The Kier molecular flexibility index (Phi) is 9.33. The minimum absolute atomic E-state index is 0.0629. The summed E-state index contributed by atoms with van der Waals surface area (Å²) in [7, 11) is 0. The molecule has 4 aliphatic heterocycles. The van der Waals surface area contributed by atoms with Crippen LogP contribution < -0.4 is 0 Å². The summed E-state index contributed by atoms with van der Waals surface area (Å²) < 4.78 is 69.7. The first kappa shape index (κ1) is 36.9. The molecule has 1 aromatic heterocycles. The van der Waals surface area contributed by atoms with Crippen LogP contribution in [-0.4, -0.2) is 97.6 Å². The molecule has 17 heteroatoms. The number of carbonyl (C=O) groups excluding carboxylic acids is 3. The van der Waals surface area contributed by atoms with Crippen LogP contribution in [0.5, 0.6) is 0 Å². The second kappa shape index (κ2) is 13.2. The summed E-state index contributed by atoms with van der Waals surface area (Å²) in [5.74, 6) is -3.90. The second-order valence-electron chi connectivity index (χ2n) is 14.4. The molecule has 52 heavy (non-hydrogen) atoms. The second-order valence-corrected chi connectivity index (χ2v) is 16.2. The fourth-order valence-corrected chi connectivity index (χ4v) is 9.69. The van der Waals surface area contributed by atoms with Crippen LogP contribution in [0.1, 0.15) is 63.6 Å². The zero-order valence-corrected chi connectivity index (χ0v) is 30.7. The van der Waals surface area contributed by atoms with E-state index in [1.165, 1.54) is 21.9 Å². The smallest absolute Gasteiger partial charge is 0.337 e. The van der Waals surface area contributed by atoms with E-state index in [1.807, 2.05) is 25.7 Å². The van der Waals surface area contributed by atoms with Gasteiger partial charge in [-0.1, -0.05) is 49.2 Å². The van der Waals surface area contributed by atoms with Gasteiger partial charge in [-0.25, -0.2) is 18.8 Å². The maximum Gasteiger partial charge on any atom is 0.471 e. The first-order valence-electron chi connectivity index (χ1n) is 16.9. The van der Waals surface area contributed by atoms with Crippen molar-refractivity contribution in [3.8, 4) is 0 Å². The van der Waals surface area contributed by atoms with Crippen LogP contribution in [0.25, 0.3) is 0 Å². The van der Waals surface area contributed by atoms with Crippen molar-refractivity contribution < 1.29 is 36.3 Å². The third-order valence-electron chi connectivity index (χ3n) is 10.8. The lowest BCUT2D eigenvalue weighted by Crippen LogP contribution is -2.62. The van der Waals surface area contributed by atoms with Crippen molar-refractivity contribution in [3.63, 3.8) is 0 Å². The van der Waals surface area contributed by atoms with Gasteiger partial charge in [0, 0.05) is 37.1 Å². The Morgan fingerprint density at radius 1 is 1.08 bits per heavy atom. The molecule has 1 aromatic carbocycles. The lowest BCUT2D eigenvalue weighted by Gasteiger charge is -2.43. The van der Waals surface area contributed by atoms with E-state index in [0.717, 1.165) is 16.7 Å². The number of alkyl halides is 4. The van der Waals surface area contributed by atoms with Gasteiger partial charge in [0.25, 0.3) is 5.91 Å². The number of allylic oxidation sites excluding steroid dienone is 1. The van der Waals surface area contributed by atoms with E-state index in [1.54, 1.807) is 24.4 Å². The molecule has 0 radical (unpaired) electrons. The van der Waals surface area contributed by atoms with Crippen LogP contribution in [0.3, 0.4) is 0 Å². The molecule has 5 heterocycles. The minimum Gasteiger partial charge on any atom is -0.337 e. The SMILES string of the molecule is CC(C)C1=C(C(=O)N2[C@H](CF)CC[C@@H]2C(=O)N2CCN(C(=O)C(F)(F)F)C3(CC3)C2)SC2=N[C@@](C)(c3ccc(Cl)nc3)[C@@H](c3ccc(Cl)c(F)c3)N21. The van der Waals surface area contributed by atoms with E-state index < -0.39 is 65.6 Å². The fourth-order valence-electron chi connectivity index (χ4n) is 8.11. The molecule has 1 aliphatic carbocycles. The number of carbonyl (C=O) groups is 3. The van der Waals surface area contributed by atoms with Crippen molar-refractivity contribution in [2.24, 2.45) is 10.9 Å². The normalized spacial score (nSPS) is 26.8. The van der Waals surface area contributed by atoms with Crippen molar-refractivity contribution in [1.29, 1.82) is 0 Å².